The molecule has 2 rings (SSSR count). The molecule has 2 nitrogen and oxygen atoms in total. The van der Waals surface area contributed by atoms with E-state index in [0.717, 1.165) is 25.7 Å². The highest BCUT2D eigenvalue weighted by Gasteiger charge is 2.55. The molecule has 154 valence electrons. The summed E-state index contributed by atoms with van der Waals surface area (Å²) < 4.78 is 6.36. The maximum atomic E-state index is 12.5. The number of ketones is 1. The molecular weight excluding hydrogens is 340 g/mol. The van der Waals surface area contributed by atoms with Gasteiger partial charge >= 0.3 is 0 Å². The van der Waals surface area contributed by atoms with E-state index < -0.39 is 10.3 Å². The second-order valence-electron chi connectivity index (χ2n) is 10.9. The highest BCUT2D eigenvalue weighted by molar-refractivity contribution is 8.28. The fraction of sp³-hybridized carbons (Fsp3) is 0.957. The third-order valence-corrected chi connectivity index (χ3v) is 8.47. The number of carbonyl (C=O) groups is 1. The summed E-state index contributed by atoms with van der Waals surface area (Å²) in [6.07, 6.45) is 17.1. The van der Waals surface area contributed by atoms with Crippen molar-refractivity contribution in [2.75, 3.05) is 18.8 Å². The number of hydrogen-bond acceptors (Lipinski definition) is 2. The smallest absolute Gasteiger partial charge is 0.136 e. The highest BCUT2D eigenvalue weighted by atomic mass is 32.3. The van der Waals surface area contributed by atoms with Gasteiger partial charge in [-0.3, -0.25) is 4.79 Å². The molecule has 26 heavy (non-hydrogen) atoms. The summed E-state index contributed by atoms with van der Waals surface area (Å²) in [7, 11) is -0.938. The Balaban J connectivity index is 2.03. The Hall–Kier alpha value is -0.0200. The molecule has 2 fully saturated rings. The van der Waals surface area contributed by atoms with Crippen LogP contribution in [0.5, 0.6) is 0 Å². The molecule has 2 saturated carbocycles. The predicted molar refractivity (Wildman–Crippen MR) is 116 cm³/mol. The Morgan fingerprint density at radius 1 is 1.15 bits per heavy atom. The largest absolute Gasteiger partial charge is 0.332 e. The van der Waals surface area contributed by atoms with Gasteiger partial charge < -0.3 is 4.18 Å². The van der Waals surface area contributed by atoms with E-state index in [1.807, 2.05) is 0 Å². The van der Waals surface area contributed by atoms with Gasteiger partial charge in [-0.25, -0.2) is 0 Å². The zero-order valence-electron chi connectivity index (χ0n) is 18.7. The zero-order chi connectivity index (χ0) is 19.8. The molecule has 0 radical (unpaired) electrons. The van der Waals surface area contributed by atoms with Crippen LogP contribution in [-0.2, 0) is 8.98 Å². The minimum atomic E-state index is -0.938. The Morgan fingerprint density at radius 3 is 2.38 bits per heavy atom. The first kappa shape index (κ1) is 22.3. The van der Waals surface area contributed by atoms with E-state index in [9.17, 15) is 4.79 Å². The van der Waals surface area contributed by atoms with Gasteiger partial charge in [-0.05, 0) is 87.9 Å². The molecule has 0 N–H and O–H groups in total. The van der Waals surface area contributed by atoms with Gasteiger partial charge in [-0.15, -0.1) is 10.3 Å². The van der Waals surface area contributed by atoms with Crippen LogP contribution in [0.2, 0.25) is 0 Å². The van der Waals surface area contributed by atoms with Gasteiger partial charge in [0.2, 0.25) is 0 Å². The molecule has 0 heterocycles. The van der Waals surface area contributed by atoms with E-state index in [-0.39, 0.29) is 11.0 Å². The topological polar surface area (TPSA) is 26.3 Å². The zero-order valence-corrected chi connectivity index (χ0v) is 19.6. The van der Waals surface area contributed by atoms with Crippen LogP contribution in [0.15, 0.2) is 0 Å². The van der Waals surface area contributed by atoms with Crippen molar-refractivity contribution in [1.29, 1.82) is 0 Å². The van der Waals surface area contributed by atoms with Gasteiger partial charge in [0.25, 0.3) is 0 Å². The van der Waals surface area contributed by atoms with Crippen LogP contribution in [0, 0.1) is 22.7 Å². The quantitative estimate of drug-likeness (QED) is 0.462. The summed E-state index contributed by atoms with van der Waals surface area (Å²) >= 11 is 0. The first-order chi connectivity index (χ1) is 11.8. The summed E-state index contributed by atoms with van der Waals surface area (Å²) in [5.74, 6) is 1.60. The fourth-order valence-electron chi connectivity index (χ4n) is 6.31. The van der Waals surface area contributed by atoms with Crippen LogP contribution in [0.25, 0.3) is 0 Å². The van der Waals surface area contributed by atoms with Crippen LogP contribution >= 0.6 is 10.3 Å². The Labute approximate surface area is 164 Å². The average Bonchev–Trinajstić information content (AvgIpc) is 2.83. The Bertz CT molecular complexity index is 507. The lowest BCUT2D eigenvalue weighted by atomic mass is 9.56. The molecule has 1 unspecified atom stereocenters. The van der Waals surface area contributed by atoms with Crippen LogP contribution in [-0.4, -0.2) is 30.2 Å². The van der Waals surface area contributed by atoms with Crippen LogP contribution in [0.3, 0.4) is 0 Å². The van der Waals surface area contributed by atoms with E-state index in [1.165, 1.54) is 32.1 Å². The first-order valence-electron chi connectivity index (χ1n) is 10.7. The molecule has 0 saturated heterocycles. The molecule has 0 aromatic carbocycles. The summed E-state index contributed by atoms with van der Waals surface area (Å²) in [5.41, 5.74) is 0.568. The number of fused-ring (bicyclic) bond motifs is 1. The summed E-state index contributed by atoms with van der Waals surface area (Å²) in [5, 5.41) is 0. The SMILES string of the molecule is CC[C@@](C)(CCCC(C)(C)OS(C)(C)C)[C@H]1CCC2C(=O)CCC[C@@]21C. The van der Waals surface area contributed by atoms with Crippen molar-refractivity contribution in [2.45, 2.75) is 98.0 Å². The van der Waals surface area contributed by atoms with Crippen molar-refractivity contribution < 1.29 is 8.98 Å². The lowest BCUT2D eigenvalue weighted by Crippen LogP contribution is -2.43. The van der Waals surface area contributed by atoms with E-state index in [1.54, 1.807) is 0 Å². The molecular formula is C23H44O2S. The molecule has 2 aliphatic carbocycles. The minimum Gasteiger partial charge on any atom is -0.332 e. The predicted octanol–water partition coefficient (Wildman–Crippen LogP) is 6.76. The number of rotatable bonds is 8. The lowest BCUT2D eigenvalue weighted by Gasteiger charge is -2.48. The van der Waals surface area contributed by atoms with Crippen molar-refractivity contribution in [3.63, 3.8) is 0 Å². The minimum absolute atomic E-state index is 0.0366. The van der Waals surface area contributed by atoms with Crippen molar-refractivity contribution in [1.82, 2.24) is 0 Å². The first-order valence-corrected chi connectivity index (χ1v) is 13.5. The normalized spacial score (nSPS) is 33.0. The van der Waals surface area contributed by atoms with E-state index in [4.69, 9.17) is 4.18 Å². The van der Waals surface area contributed by atoms with E-state index in [2.05, 4.69) is 53.4 Å². The second-order valence-corrected chi connectivity index (χ2v) is 14.6. The van der Waals surface area contributed by atoms with Crippen molar-refractivity contribution in [2.24, 2.45) is 22.7 Å². The second kappa shape index (κ2) is 7.78. The third kappa shape index (κ3) is 4.87. The molecule has 4 atom stereocenters. The average molecular weight is 385 g/mol. The molecule has 0 aliphatic heterocycles. The Kier molecular flexibility index (Phi) is 6.66. The van der Waals surface area contributed by atoms with Gasteiger partial charge in [0.15, 0.2) is 0 Å². The number of hydrogen-bond donors (Lipinski definition) is 0. The number of Topliss-reactive ketones (excluding diaryl/α,β-unsaturated/α-hetero) is 1. The maximum absolute atomic E-state index is 12.5. The van der Waals surface area contributed by atoms with Crippen molar-refractivity contribution >= 4 is 16.1 Å². The van der Waals surface area contributed by atoms with Crippen LogP contribution < -0.4 is 0 Å². The van der Waals surface area contributed by atoms with Crippen molar-refractivity contribution in [3.05, 3.63) is 0 Å². The molecule has 0 amide bonds. The molecule has 2 aliphatic rings. The third-order valence-electron chi connectivity index (χ3n) is 7.51. The molecule has 0 spiro atoms. The summed E-state index contributed by atoms with van der Waals surface area (Å²) in [6.45, 7) is 11.8. The maximum Gasteiger partial charge on any atom is 0.136 e. The standard InChI is InChI=1S/C23H44O2S/c1-9-22(4,16-11-15-21(2,3)25-26(6,7)8)20-14-13-18-19(24)12-10-17-23(18,20)5/h18,20H,9-17H2,1-8H3/t18?,20-,22+,23+/m1/s1. The van der Waals surface area contributed by atoms with Gasteiger partial charge in [0.05, 0.1) is 5.60 Å². The Morgan fingerprint density at radius 2 is 1.81 bits per heavy atom. The van der Waals surface area contributed by atoms with Gasteiger partial charge in [0.1, 0.15) is 5.78 Å². The fourth-order valence-corrected chi connectivity index (χ4v) is 7.75. The van der Waals surface area contributed by atoms with E-state index in [0.29, 0.717) is 23.0 Å². The monoisotopic (exact) mass is 384 g/mol. The molecule has 0 bridgehead atoms. The van der Waals surface area contributed by atoms with Crippen molar-refractivity contribution in [3.8, 4) is 0 Å². The highest BCUT2D eigenvalue weighted by Crippen LogP contribution is 2.61. The summed E-state index contributed by atoms with van der Waals surface area (Å²) in [4.78, 5) is 12.5. The molecule has 0 aromatic rings. The van der Waals surface area contributed by atoms with Crippen LogP contribution in [0.4, 0.5) is 0 Å². The molecule has 3 heteroatoms. The van der Waals surface area contributed by atoms with Crippen LogP contribution in [0.1, 0.15) is 92.4 Å². The number of carbonyl (C=O) groups excluding carboxylic acids is 1. The molecule has 0 aromatic heterocycles. The van der Waals surface area contributed by atoms with Gasteiger partial charge in [-0.2, -0.15) is 0 Å². The summed E-state index contributed by atoms with van der Waals surface area (Å²) in [6, 6.07) is 0. The van der Waals surface area contributed by atoms with Gasteiger partial charge in [-0.1, -0.05) is 33.6 Å². The van der Waals surface area contributed by atoms with Gasteiger partial charge in [0, 0.05) is 12.3 Å². The van der Waals surface area contributed by atoms with E-state index >= 15 is 0 Å². The lowest BCUT2D eigenvalue weighted by molar-refractivity contribution is -0.131.